The average Bonchev–Trinajstić information content (AvgIpc) is 2.89. The first-order valence-corrected chi connectivity index (χ1v) is 12.3. The van der Waals surface area contributed by atoms with Gasteiger partial charge in [-0.2, -0.15) is 0 Å². The smallest absolute Gasteiger partial charge is 0.241 e. The van der Waals surface area contributed by atoms with Crippen molar-refractivity contribution in [2.45, 2.75) is 76.2 Å². The molecule has 1 aromatic rings. The van der Waals surface area contributed by atoms with Crippen LogP contribution in [-0.4, -0.2) is 50.3 Å². The Bertz CT molecular complexity index is 897. The topological polar surface area (TPSA) is 86.8 Å². The molecule has 3 rings (SSSR count). The molecular weight excluding hydrogens is 402 g/mol. The van der Waals surface area contributed by atoms with E-state index < -0.39 is 15.6 Å². The normalized spacial score (nSPS) is 17.6. The van der Waals surface area contributed by atoms with Gasteiger partial charge in [0.2, 0.25) is 21.8 Å². The van der Waals surface area contributed by atoms with Crippen molar-refractivity contribution in [3.05, 3.63) is 23.8 Å². The van der Waals surface area contributed by atoms with Gasteiger partial charge >= 0.3 is 0 Å². The molecule has 0 radical (unpaired) electrons. The molecule has 7 nitrogen and oxygen atoms in total. The molecule has 2 aliphatic heterocycles. The number of nitrogens with zero attached hydrogens (tertiary/aromatic N) is 2. The van der Waals surface area contributed by atoms with E-state index in [1.807, 2.05) is 4.90 Å². The van der Waals surface area contributed by atoms with Crippen LogP contribution in [0.25, 0.3) is 0 Å². The zero-order valence-electron chi connectivity index (χ0n) is 18.2. The lowest BCUT2D eigenvalue weighted by Gasteiger charge is -2.22. The van der Waals surface area contributed by atoms with Crippen LogP contribution in [0.4, 0.5) is 5.69 Å². The van der Waals surface area contributed by atoms with Crippen molar-refractivity contribution in [1.82, 2.24) is 9.62 Å². The van der Waals surface area contributed by atoms with Crippen molar-refractivity contribution in [3.63, 3.8) is 0 Å². The van der Waals surface area contributed by atoms with Crippen LogP contribution < -0.4 is 9.62 Å². The molecule has 0 aromatic heterocycles. The first-order chi connectivity index (χ1) is 14.1. The Morgan fingerprint density at radius 3 is 2.23 bits per heavy atom. The van der Waals surface area contributed by atoms with Gasteiger partial charge < -0.3 is 9.80 Å². The minimum atomic E-state index is -3.62. The third kappa shape index (κ3) is 5.60. The predicted molar refractivity (Wildman–Crippen MR) is 117 cm³/mol. The fourth-order valence-corrected chi connectivity index (χ4v) is 5.56. The number of sulfonamides is 1. The maximum Gasteiger partial charge on any atom is 0.241 e. The lowest BCUT2D eigenvalue weighted by Crippen LogP contribution is -2.40. The third-order valence-electron chi connectivity index (χ3n) is 5.51. The van der Waals surface area contributed by atoms with E-state index in [4.69, 9.17) is 0 Å². The summed E-state index contributed by atoms with van der Waals surface area (Å²) >= 11 is 0. The van der Waals surface area contributed by atoms with Gasteiger partial charge in [0.25, 0.3) is 0 Å². The first kappa shape index (κ1) is 22.7. The molecule has 1 aromatic carbocycles. The maximum absolute atomic E-state index is 12.8. The molecule has 2 amide bonds. The second kappa shape index (κ2) is 9.06. The van der Waals surface area contributed by atoms with Gasteiger partial charge in [0.15, 0.2) is 0 Å². The van der Waals surface area contributed by atoms with E-state index in [0.29, 0.717) is 13.0 Å². The number of benzene rings is 1. The van der Waals surface area contributed by atoms with Gasteiger partial charge in [-0.25, -0.2) is 13.1 Å². The van der Waals surface area contributed by atoms with Crippen LogP contribution >= 0.6 is 0 Å². The van der Waals surface area contributed by atoms with E-state index in [2.05, 4.69) is 4.72 Å². The number of amides is 2. The highest BCUT2D eigenvalue weighted by Gasteiger charge is 2.28. The number of hydrogen-bond acceptors (Lipinski definition) is 4. The molecule has 2 heterocycles. The number of carbonyl (C=O) groups excluding carboxylic acids is 2. The van der Waals surface area contributed by atoms with Crippen LogP contribution in [0, 0.1) is 0 Å². The van der Waals surface area contributed by atoms with E-state index in [1.165, 1.54) is 0 Å². The van der Waals surface area contributed by atoms with Gasteiger partial charge in [-0.1, -0.05) is 12.8 Å². The van der Waals surface area contributed by atoms with Crippen molar-refractivity contribution in [1.29, 1.82) is 0 Å². The lowest BCUT2D eigenvalue weighted by molar-refractivity contribution is -0.133. The van der Waals surface area contributed by atoms with Gasteiger partial charge in [-0.3, -0.25) is 9.59 Å². The van der Waals surface area contributed by atoms with Crippen molar-refractivity contribution < 1.29 is 18.0 Å². The van der Waals surface area contributed by atoms with E-state index in [-0.39, 0.29) is 29.6 Å². The Balaban J connectivity index is 1.63. The van der Waals surface area contributed by atoms with Gasteiger partial charge in [0.1, 0.15) is 0 Å². The summed E-state index contributed by atoms with van der Waals surface area (Å²) < 4.78 is 27.8. The zero-order valence-corrected chi connectivity index (χ0v) is 19.1. The number of nitrogens with one attached hydrogen (secondary N) is 1. The molecule has 0 atom stereocenters. The number of carbonyl (C=O) groups is 2. The molecule has 1 N–H and O–H groups in total. The summed E-state index contributed by atoms with van der Waals surface area (Å²) in [7, 11) is -3.62. The summed E-state index contributed by atoms with van der Waals surface area (Å²) in [5.74, 6) is -0.0280. The summed E-state index contributed by atoms with van der Waals surface area (Å²) in [6, 6.07) is 4.90. The minimum absolute atomic E-state index is 0.0550. The molecule has 0 aliphatic carbocycles. The van der Waals surface area contributed by atoms with E-state index in [1.54, 1.807) is 43.9 Å². The quantitative estimate of drug-likeness (QED) is 0.770. The molecule has 2 aliphatic rings. The Hall–Kier alpha value is -1.93. The SMILES string of the molecule is CC(C)(C)NS(=O)(=O)c1ccc2c(c1)CCN2C(=O)CCC(=O)N1CCCCCC1. The summed E-state index contributed by atoms with van der Waals surface area (Å²) in [6.07, 6.45) is 5.42. The molecule has 1 fully saturated rings. The number of likely N-dealkylation sites (tertiary alicyclic amines) is 1. The second-order valence-corrected chi connectivity index (χ2v) is 10.9. The van der Waals surface area contributed by atoms with Crippen LogP contribution in [0.2, 0.25) is 0 Å². The van der Waals surface area contributed by atoms with Gasteiger partial charge in [0.05, 0.1) is 4.90 Å². The number of hydrogen-bond donors (Lipinski definition) is 1. The van der Waals surface area contributed by atoms with Crippen molar-refractivity contribution >= 4 is 27.5 Å². The lowest BCUT2D eigenvalue weighted by atomic mass is 10.1. The summed E-state index contributed by atoms with van der Waals surface area (Å²) in [5.41, 5.74) is 1.02. The fourth-order valence-electron chi connectivity index (χ4n) is 4.09. The fraction of sp³-hybridized carbons (Fsp3) is 0.636. The number of rotatable bonds is 5. The van der Waals surface area contributed by atoms with E-state index >= 15 is 0 Å². The van der Waals surface area contributed by atoms with Gasteiger partial charge in [0, 0.05) is 43.7 Å². The molecule has 0 spiro atoms. The van der Waals surface area contributed by atoms with Crippen molar-refractivity contribution in [3.8, 4) is 0 Å². The Labute approximate surface area is 179 Å². The third-order valence-corrected chi connectivity index (χ3v) is 7.27. The molecule has 0 unspecified atom stereocenters. The van der Waals surface area contributed by atoms with Crippen molar-refractivity contribution in [2.24, 2.45) is 0 Å². The van der Waals surface area contributed by atoms with Crippen LogP contribution in [0.1, 0.15) is 64.9 Å². The standard InChI is InChI=1S/C22H33N3O4S/c1-22(2,3)23-30(28,29)18-8-9-19-17(16-18)12-15-25(19)21(27)11-10-20(26)24-13-6-4-5-7-14-24/h8-9,16,23H,4-7,10-15H2,1-3H3. The van der Waals surface area contributed by atoms with Gasteiger partial charge in [-0.05, 0) is 63.8 Å². The monoisotopic (exact) mass is 435 g/mol. The van der Waals surface area contributed by atoms with E-state index in [0.717, 1.165) is 50.0 Å². The second-order valence-electron chi connectivity index (χ2n) is 9.24. The highest BCUT2D eigenvalue weighted by Crippen LogP contribution is 2.31. The predicted octanol–water partition coefficient (Wildman–Crippen LogP) is 2.84. The van der Waals surface area contributed by atoms with E-state index in [9.17, 15) is 18.0 Å². The summed E-state index contributed by atoms with van der Waals surface area (Å²) in [5, 5.41) is 0. The maximum atomic E-state index is 12.8. The summed E-state index contributed by atoms with van der Waals surface area (Å²) in [4.78, 5) is 29.0. The van der Waals surface area contributed by atoms with Gasteiger partial charge in [-0.15, -0.1) is 0 Å². The molecule has 166 valence electrons. The van der Waals surface area contributed by atoms with Crippen LogP contribution in [0.5, 0.6) is 0 Å². The first-order valence-electron chi connectivity index (χ1n) is 10.8. The Kier molecular flexibility index (Phi) is 6.87. The molecule has 1 saturated heterocycles. The number of anilines is 1. The highest BCUT2D eigenvalue weighted by molar-refractivity contribution is 7.89. The van der Waals surface area contributed by atoms with Crippen LogP contribution in [0.15, 0.2) is 23.1 Å². The zero-order chi connectivity index (χ0) is 21.9. The minimum Gasteiger partial charge on any atom is -0.343 e. The molecule has 0 bridgehead atoms. The Morgan fingerprint density at radius 2 is 1.60 bits per heavy atom. The van der Waals surface area contributed by atoms with Crippen LogP contribution in [-0.2, 0) is 26.0 Å². The molecule has 30 heavy (non-hydrogen) atoms. The average molecular weight is 436 g/mol. The largest absolute Gasteiger partial charge is 0.343 e. The van der Waals surface area contributed by atoms with Crippen molar-refractivity contribution in [2.75, 3.05) is 24.5 Å². The summed E-state index contributed by atoms with van der Waals surface area (Å²) in [6.45, 7) is 7.49. The highest BCUT2D eigenvalue weighted by atomic mass is 32.2. The molecular formula is C22H33N3O4S. The van der Waals surface area contributed by atoms with Crippen LogP contribution in [0.3, 0.4) is 0 Å². The Morgan fingerprint density at radius 1 is 0.967 bits per heavy atom. The molecule has 8 heteroatoms. The number of fused-ring (bicyclic) bond motifs is 1. The molecule has 0 saturated carbocycles.